The van der Waals surface area contributed by atoms with Crippen LogP contribution in [-0.4, -0.2) is 109 Å². The maximum Gasteiger partial charge on any atom is 0.186 e. The second-order valence-corrected chi connectivity index (χ2v) is 18.2. The van der Waals surface area contributed by atoms with Crippen molar-refractivity contribution < 1.29 is 50.0 Å². The SMILES string of the molecule is CC(C)(O)[C@@H]1CC[C@](C)([C@H]2[C@@H](O)[C@H](O)[C@@]3(C)[C@@H]4CC[C@H]5C(C)(C)[C@@H](O[C@@H]6OC[C@@H](O)[C@H](O)[C@H]6O)CC[C@@]56C[C@@]46C[C@H](O)[C@]23C)O1. The maximum absolute atomic E-state index is 12.4. The molecule has 10 nitrogen and oxygen atoms in total. The smallest absolute Gasteiger partial charge is 0.186 e. The van der Waals surface area contributed by atoms with Crippen LogP contribution in [0.4, 0.5) is 0 Å². The van der Waals surface area contributed by atoms with Gasteiger partial charge in [0.2, 0.25) is 0 Å². The average Bonchev–Trinajstić information content (AvgIpc) is 3.36. The van der Waals surface area contributed by atoms with E-state index < -0.39 is 70.9 Å². The third kappa shape index (κ3) is 3.99. The molecule has 10 heteroatoms. The molecule has 2 saturated heterocycles. The summed E-state index contributed by atoms with van der Waals surface area (Å²) < 4.78 is 18.6. The van der Waals surface area contributed by atoms with E-state index in [1.807, 2.05) is 6.92 Å². The molecule has 0 aromatic heterocycles. The van der Waals surface area contributed by atoms with Gasteiger partial charge in [-0.25, -0.2) is 0 Å². The summed E-state index contributed by atoms with van der Waals surface area (Å²) in [6.45, 7) is 14.1. The summed E-state index contributed by atoms with van der Waals surface area (Å²) in [5.41, 5.74) is -3.82. The number of rotatable bonds is 4. The van der Waals surface area contributed by atoms with Gasteiger partial charge in [-0.2, -0.15) is 0 Å². The van der Waals surface area contributed by atoms with Crippen LogP contribution in [0, 0.1) is 44.8 Å². The Bertz CT molecular complexity index is 1190. The highest BCUT2D eigenvalue weighted by Crippen LogP contribution is 2.89. The van der Waals surface area contributed by atoms with Crippen molar-refractivity contribution in [3.8, 4) is 0 Å². The monoisotopic (exact) mass is 638 g/mol. The molecular formula is C35H58O10. The summed E-state index contributed by atoms with van der Waals surface area (Å²) in [6, 6.07) is 0. The van der Waals surface area contributed by atoms with Crippen molar-refractivity contribution in [2.45, 2.75) is 166 Å². The third-order valence-electron chi connectivity index (χ3n) is 15.7. The number of hydrogen-bond donors (Lipinski definition) is 7. The van der Waals surface area contributed by atoms with Gasteiger partial charge in [0.25, 0.3) is 0 Å². The maximum atomic E-state index is 12.4. The van der Waals surface area contributed by atoms with E-state index in [9.17, 15) is 35.7 Å². The number of hydrogen-bond acceptors (Lipinski definition) is 10. The zero-order valence-electron chi connectivity index (χ0n) is 28.1. The molecule has 0 unspecified atom stereocenters. The molecule has 7 N–H and O–H groups in total. The predicted molar refractivity (Wildman–Crippen MR) is 162 cm³/mol. The highest BCUT2D eigenvalue weighted by atomic mass is 16.7. The molecule has 2 spiro atoms. The number of fused-ring (bicyclic) bond motifs is 2. The highest BCUT2D eigenvalue weighted by molar-refractivity contribution is 5.35. The zero-order chi connectivity index (χ0) is 32.9. The molecule has 45 heavy (non-hydrogen) atoms. The summed E-state index contributed by atoms with van der Waals surface area (Å²) in [4.78, 5) is 0. The third-order valence-corrected chi connectivity index (χ3v) is 15.7. The van der Waals surface area contributed by atoms with E-state index in [1.165, 1.54) is 0 Å². The fourth-order valence-corrected chi connectivity index (χ4v) is 13.4. The molecule has 2 aliphatic heterocycles. The zero-order valence-corrected chi connectivity index (χ0v) is 28.1. The lowest BCUT2D eigenvalue weighted by Gasteiger charge is -2.65. The minimum absolute atomic E-state index is 0.0190. The Morgan fingerprint density at radius 1 is 0.756 bits per heavy atom. The topological polar surface area (TPSA) is 169 Å². The minimum atomic E-state index is -1.33. The van der Waals surface area contributed by atoms with Gasteiger partial charge in [-0.3, -0.25) is 0 Å². The predicted octanol–water partition coefficient (Wildman–Crippen LogP) is 1.87. The van der Waals surface area contributed by atoms with Gasteiger partial charge in [0.05, 0.1) is 48.3 Å². The van der Waals surface area contributed by atoms with Crippen molar-refractivity contribution in [1.82, 2.24) is 0 Å². The quantitative estimate of drug-likeness (QED) is 0.226. The van der Waals surface area contributed by atoms with E-state index in [1.54, 1.807) is 13.8 Å². The molecule has 7 fully saturated rings. The van der Waals surface area contributed by atoms with E-state index in [-0.39, 0.29) is 41.0 Å². The molecule has 17 atom stereocenters. The van der Waals surface area contributed by atoms with Gasteiger partial charge in [-0.15, -0.1) is 0 Å². The molecule has 0 aromatic carbocycles. The molecule has 258 valence electrons. The lowest BCUT2D eigenvalue weighted by atomic mass is 9.40. The second kappa shape index (κ2) is 9.86. The van der Waals surface area contributed by atoms with E-state index >= 15 is 0 Å². The fraction of sp³-hybridized carbons (Fsp3) is 1.00. The van der Waals surface area contributed by atoms with Gasteiger partial charge in [0.15, 0.2) is 6.29 Å². The first kappa shape index (κ1) is 33.1. The van der Waals surface area contributed by atoms with Crippen LogP contribution in [0.5, 0.6) is 0 Å². The first-order chi connectivity index (χ1) is 20.7. The van der Waals surface area contributed by atoms with Crippen molar-refractivity contribution in [2.75, 3.05) is 6.61 Å². The fourth-order valence-electron chi connectivity index (χ4n) is 13.4. The normalized spacial score (nSPS) is 60.4. The molecule has 0 radical (unpaired) electrons. The average molecular weight is 639 g/mol. The molecule has 2 heterocycles. The van der Waals surface area contributed by atoms with Crippen molar-refractivity contribution in [3.63, 3.8) is 0 Å². The Labute approximate surface area is 267 Å². The minimum Gasteiger partial charge on any atom is -0.393 e. The standard InChI is InChI=1S/C35H58O10/c1-29(2)18-8-9-19-32(6)27(41)25(40)26(31(5)12-10-22(45-31)30(3,4)42)33(32,7)20(37)14-35(19)16-34(18,35)13-11-21(29)44-28-24(39)23(38)17(36)15-43-28/h17-28,36-42H,8-16H2,1-7H3/t17-,18+,19+,20+,21+,22+,23+,24-,25-,26-,27+,28+,31-,32-,33-,34-,35+/m1/s1. The van der Waals surface area contributed by atoms with Gasteiger partial charge in [0.1, 0.15) is 18.3 Å². The van der Waals surface area contributed by atoms with Crippen LogP contribution in [-0.2, 0) is 14.2 Å². The second-order valence-electron chi connectivity index (χ2n) is 18.2. The van der Waals surface area contributed by atoms with Crippen molar-refractivity contribution in [3.05, 3.63) is 0 Å². The number of aliphatic hydroxyl groups is 7. The molecule has 0 amide bonds. The van der Waals surface area contributed by atoms with Gasteiger partial charge in [-0.1, -0.05) is 27.7 Å². The Kier molecular flexibility index (Phi) is 7.25. The molecule has 5 saturated carbocycles. The Morgan fingerprint density at radius 3 is 2.07 bits per heavy atom. The Morgan fingerprint density at radius 2 is 1.42 bits per heavy atom. The van der Waals surface area contributed by atoms with Crippen LogP contribution in [0.15, 0.2) is 0 Å². The summed E-state index contributed by atoms with van der Waals surface area (Å²) in [5.74, 6) is -0.0832. The lowest BCUT2D eigenvalue weighted by Crippen LogP contribution is -2.65. The molecule has 7 aliphatic rings. The molecular weight excluding hydrogens is 580 g/mol. The summed E-state index contributed by atoms with van der Waals surface area (Å²) >= 11 is 0. The highest BCUT2D eigenvalue weighted by Gasteiger charge is 2.86. The van der Waals surface area contributed by atoms with Crippen molar-refractivity contribution in [2.24, 2.45) is 44.8 Å². The van der Waals surface area contributed by atoms with E-state index in [2.05, 4.69) is 27.7 Å². The largest absolute Gasteiger partial charge is 0.393 e. The molecule has 0 bridgehead atoms. The first-order valence-corrected chi connectivity index (χ1v) is 17.5. The van der Waals surface area contributed by atoms with Crippen LogP contribution in [0.2, 0.25) is 0 Å². The van der Waals surface area contributed by atoms with E-state index in [4.69, 9.17) is 14.2 Å². The lowest BCUT2D eigenvalue weighted by molar-refractivity contribution is -0.304. The Balaban J connectivity index is 1.18. The van der Waals surface area contributed by atoms with Crippen molar-refractivity contribution >= 4 is 0 Å². The van der Waals surface area contributed by atoms with E-state index in [0.29, 0.717) is 25.2 Å². The molecule has 5 aliphatic carbocycles. The van der Waals surface area contributed by atoms with Gasteiger partial charge < -0.3 is 50.0 Å². The number of ether oxygens (including phenoxy) is 3. The Hall–Kier alpha value is -0.400. The molecule has 0 aromatic rings. The number of aliphatic hydroxyl groups excluding tert-OH is 6. The summed E-state index contributed by atoms with van der Waals surface area (Å²) in [6.07, 6.45) is -1.90. The van der Waals surface area contributed by atoms with Gasteiger partial charge >= 0.3 is 0 Å². The summed E-state index contributed by atoms with van der Waals surface area (Å²) in [7, 11) is 0. The van der Waals surface area contributed by atoms with Crippen LogP contribution in [0.3, 0.4) is 0 Å². The van der Waals surface area contributed by atoms with Crippen molar-refractivity contribution in [1.29, 1.82) is 0 Å². The van der Waals surface area contributed by atoms with Crippen LogP contribution in [0.25, 0.3) is 0 Å². The molecule has 7 rings (SSSR count). The summed E-state index contributed by atoms with van der Waals surface area (Å²) in [5, 5.41) is 77.9. The van der Waals surface area contributed by atoms with Crippen LogP contribution < -0.4 is 0 Å². The van der Waals surface area contributed by atoms with E-state index in [0.717, 1.165) is 32.1 Å². The van der Waals surface area contributed by atoms with Gasteiger partial charge in [-0.05, 0) is 100 Å². The van der Waals surface area contributed by atoms with Crippen LogP contribution in [0.1, 0.15) is 99.8 Å². The van der Waals surface area contributed by atoms with Crippen LogP contribution >= 0.6 is 0 Å². The first-order valence-electron chi connectivity index (χ1n) is 17.5. The van der Waals surface area contributed by atoms with Gasteiger partial charge in [0, 0.05) is 16.7 Å².